The molecule has 0 N–H and O–H groups in total. The van der Waals surface area contributed by atoms with Crippen molar-refractivity contribution in [2.24, 2.45) is 0 Å². The summed E-state index contributed by atoms with van der Waals surface area (Å²) in [5.74, 6) is 1.87. The van der Waals surface area contributed by atoms with Crippen molar-refractivity contribution in [2.45, 2.75) is 38.9 Å². The van der Waals surface area contributed by atoms with E-state index in [2.05, 4.69) is 27.2 Å². The van der Waals surface area contributed by atoms with Gasteiger partial charge < -0.3 is 13.7 Å². The van der Waals surface area contributed by atoms with E-state index in [1.54, 1.807) is 11.8 Å². The summed E-state index contributed by atoms with van der Waals surface area (Å²) in [6.07, 6.45) is 0.730. The monoisotopic (exact) mass is 430 g/mol. The van der Waals surface area contributed by atoms with E-state index in [-0.39, 0.29) is 24.5 Å². The molecule has 0 saturated heterocycles. The van der Waals surface area contributed by atoms with Crippen LogP contribution in [0.4, 0.5) is 0 Å². The van der Waals surface area contributed by atoms with Gasteiger partial charge in [0.2, 0.25) is 17.7 Å². The van der Waals surface area contributed by atoms with E-state index < -0.39 is 0 Å². The number of rotatable bonds is 5. The summed E-state index contributed by atoms with van der Waals surface area (Å²) < 4.78 is 11.7. The molecule has 7 nitrogen and oxygen atoms in total. The maximum Gasteiger partial charge on any atom is 0.237 e. The second-order valence-electron chi connectivity index (χ2n) is 8.42. The number of fused-ring (bicyclic) bond motifs is 2. The number of aryl methyl sites for hydroxylation is 1. The van der Waals surface area contributed by atoms with Gasteiger partial charge in [-0.25, -0.2) is 0 Å². The van der Waals surface area contributed by atoms with Crippen LogP contribution in [0.15, 0.2) is 63.4 Å². The molecule has 0 fully saturated rings. The molecule has 1 aliphatic heterocycles. The van der Waals surface area contributed by atoms with Crippen LogP contribution in [0.3, 0.4) is 0 Å². The Kier molecular flexibility index (Phi) is 5.27. The number of likely N-dealkylation sites (N-methyl/N-ethyl adjacent to an activating group) is 1. The molecule has 0 radical (unpaired) electrons. The molecule has 0 aliphatic carbocycles. The maximum atomic E-state index is 13.3. The highest BCUT2D eigenvalue weighted by molar-refractivity contribution is 5.80. The molecule has 0 saturated carbocycles. The predicted octanol–water partition coefficient (Wildman–Crippen LogP) is 4.44. The molecule has 2 aromatic heterocycles. The van der Waals surface area contributed by atoms with E-state index in [4.69, 9.17) is 8.83 Å². The number of carbonyl (C=O) groups is 1. The number of benzene rings is 2. The summed E-state index contributed by atoms with van der Waals surface area (Å²) in [7, 11) is 1.82. The highest BCUT2D eigenvalue weighted by Crippen LogP contribution is 2.33. The molecule has 2 unspecified atom stereocenters. The average Bonchev–Trinajstić information content (AvgIpc) is 3.43. The molecular formula is C25H26N4O3. The Morgan fingerprint density at radius 3 is 2.62 bits per heavy atom. The topological polar surface area (TPSA) is 75.6 Å². The third-order valence-electron chi connectivity index (χ3n) is 6.34. The van der Waals surface area contributed by atoms with E-state index in [0.29, 0.717) is 18.3 Å². The summed E-state index contributed by atoms with van der Waals surface area (Å²) in [5, 5.41) is 9.29. The smallest absolute Gasteiger partial charge is 0.237 e. The van der Waals surface area contributed by atoms with Crippen molar-refractivity contribution >= 4 is 16.9 Å². The zero-order valence-electron chi connectivity index (χ0n) is 18.5. The zero-order valence-corrected chi connectivity index (χ0v) is 18.5. The fourth-order valence-corrected chi connectivity index (χ4v) is 4.33. The molecule has 164 valence electrons. The van der Waals surface area contributed by atoms with Gasteiger partial charge in [0.15, 0.2) is 0 Å². The molecule has 0 spiro atoms. The molecule has 0 bridgehead atoms. The van der Waals surface area contributed by atoms with Crippen LogP contribution < -0.4 is 0 Å². The highest BCUT2D eigenvalue weighted by Gasteiger charge is 2.33. The Morgan fingerprint density at radius 1 is 1.12 bits per heavy atom. The van der Waals surface area contributed by atoms with Gasteiger partial charge in [0.05, 0.1) is 18.6 Å². The van der Waals surface area contributed by atoms with Crippen molar-refractivity contribution in [1.29, 1.82) is 0 Å². The van der Waals surface area contributed by atoms with Crippen LogP contribution in [0, 0.1) is 6.92 Å². The molecule has 3 heterocycles. The lowest BCUT2D eigenvalue weighted by Crippen LogP contribution is -2.43. The van der Waals surface area contributed by atoms with Gasteiger partial charge in [0, 0.05) is 25.9 Å². The summed E-state index contributed by atoms with van der Waals surface area (Å²) in [6, 6.07) is 17.9. The fourth-order valence-electron chi connectivity index (χ4n) is 4.33. The Balaban J connectivity index is 1.37. The van der Waals surface area contributed by atoms with Crippen LogP contribution in [-0.2, 0) is 17.8 Å². The van der Waals surface area contributed by atoms with E-state index in [1.807, 2.05) is 56.4 Å². The number of hydrogen-bond donors (Lipinski definition) is 0. The first-order chi connectivity index (χ1) is 15.5. The average molecular weight is 431 g/mol. The molecule has 1 aliphatic rings. The Morgan fingerprint density at radius 2 is 1.88 bits per heavy atom. The minimum absolute atomic E-state index is 0.0126. The van der Waals surface area contributed by atoms with Crippen molar-refractivity contribution in [3.63, 3.8) is 0 Å². The van der Waals surface area contributed by atoms with Gasteiger partial charge >= 0.3 is 0 Å². The first kappa shape index (κ1) is 20.5. The molecule has 4 aromatic rings. The lowest BCUT2D eigenvalue weighted by molar-refractivity contribution is -0.134. The predicted molar refractivity (Wildman–Crippen MR) is 120 cm³/mol. The molecule has 2 atom stereocenters. The molecule has 5 rings (SSSR count). The van der Waals surface area contributed by atoms with Gasteiger partial charge in [-0.1, -0.05) is 42.5 Å². The molecular weight excluding hydrogens is 404 g/mol. The van der Waals surface area contributed by atoms with E-state index >= 15 is 0 Å². The number of nitrogens with zero attached hydrogens (tertiary/aromatic N) is 4. The number of para-hydroxylation sites is 1. The number of furan rings is 1. The second-order valence-corrected chi connectivity index (χ2v) is 8.42. The summed E-state index contributed by atoms with van der Waals surface area (Å²) >= 11 is 0. The Hall–Kier alpha value is -3.45. The van der Waals surface area contributed by atoms with Gasteiger partial charge in [0.1, 0.15) is 11.3 Å². The van der Waals surface area contributed by atoms with Crippen molar-refractivity contribution in [3.05, 3.63) is 83.3 Å². The first-order valence-electron chi connectivity index (χ1n) is 10.8. The Bertz CT molecular complexity index is 1230. The highest BCUT2D eigenvalue weighted by atomic mass is 16.4. The first-order valence-corrected chi connectivity index (χ1v) is 10.8. The molecule has 32 heavy (non-hydrogen) atoms. The van der Waals surface area contributed by atoms with Gasteiger partial charge in [-0.05, 0) is 36.6 Å². The van der Waals surface area contributed by atoms with Gasteiger partial charge in [-0.2, -0.15) is 0 Å². The minimum atomic E-state index is -0.184. The van der Waals surface area contributed by atoms with E-state index in [9.17, 15) is 4.79 Å². The lowest BCUT2D eigenvalue weighted by Gasteiger charge is -2.36. The number of carbonyl (C=O) groups excluding carboxylic acids is 1. The fraction of sp³-hybridized carbons (Fsp3) is 0.320. The van der Waals surface area contributed by atoms with Gasteiger partial charge in [-0.3, -0.25) is 9.69 Å². The van der Waals surface area contributed by atoms with Crippen molar-refractivity contribution < 1.29 is 13.6 Å². The second kappa shape index (κ2) is 8.24. The quantitative estimate of drug-likeness (QED) is 0.466. The van der Waals surface area contributed by atoms with Crippen LogP contribution >= 0.6 is 0 Å². The van der Waals surface area contributed by atoms with Crippen LogP contribution in [-0.4, -0.2) is 39.5 Å². The van der Waals surface area contributed by atoms with E-state index in [0.717, 1.165) is 23.2 Å². The van der Waals surface area contributed by atoms with Gasteiger partial charge in [-0.15, -0.1) is 10.2 Å². The summed E-state index contributed by atoms with van der Waals surface area (Å²) in [6.45, 7) is 4.67. The number of amides is 1. The molecule has 2 aromatic carbocycles. The standard InChI is InChI=1S/C25H26N4O3/c1-16(23-13-19-9-6-7-11-22(19)32-23)28(3)24(30)15-29-14-20-10-5-4-8-18(20)12-21(29)25-27-26-17(2)31-25/h4-11,13,16,21H,12,14-15H2,1-3H3. The van der Waals surface area contributed by atoms with Crippen LogP contribution in [0.1, 0.15) is 47.7 Å². The molecule has 1 amide bonds. The van der Waals surface area contributed by atoms with E-state index in [1.165, 1.54) is 11.1 Å². The lowest BCUT2D eigenvalue weighted by atomic mass is 9.94. The summed E-state index contributed by atoms with van der Waals surface area (Å²) in [5.41, 5.74) is 3.30. The maximum absolute atomic E-state index is 13.3. The largest absolute Gasteiger partial charge is 0.459 e. The van der Waals surface area contributed by atoms with Crippen molar-refractivity contribution in [3.8, 4) is 0 Å². The SMILES string of the molecule is Cc1nnc(C2Cc3ccccc3CN2CC(=O)N(C)C(C)c2cc3ccccc3o2)o1. The third-order valence-corrected chi connectivity index (χ3v) is 6.34. The molecule has 7 heteroatoms. The third kappa shape index (κ3) is 3.80. The zero-order chi connectivity index (χ0) is 22.2. The normalized spacial score (nSPS) is 17.3. The Labute approximate surface area is 186 Å². The minimum Gasteiger partial charge on any atom is -0.459 e. The van der Waals surface area contributed by atoms with Crippen molar-refractivity contribution in [1.82, 2.24) is 20.0 Å². The number of aromatic nitrogens is 2. The van der Waals surface area contributed by atoms with Crippen LogP contribution in [0.25, 0.3) is 11.0 Å². The van der Waals surface area contributed by atoms with Crippen LogP contribution in [0.5, 0.6) is 0 Å². The summed E-state index contributed by atoms with van der Waals surface area (Å²) in [4.78, 5) is 17.2. The van der Waals surface area contributed by atoms with Gasteiger partial charge in [0.25, 0.3) is 0 Å². The van der Waals surface area contributed by atoms with Crippen LogP contribution in [0.2, 0.25) is 0 Å². The number of hydrogen-bond acceptors (Lipinski definition) is 6. The van der Waals surface area contributed by atoms with Crippen molar-refractivity contribution in [2.75, 3.05) is 13.6 Å².